The second kappa shape index (κ2) is 6.35. The maximum absolute atomic E-state index is 12.2. The van der Waals surface area contributed by atoms with Gasteiger partial charge in [0.1, 0.15) is 4.99 Å². The molecule has 0 aliphatic carbocycles. The molecule has 2 aromatic rings. The van der Waals surface area contributed by atoms with E-state index in [-0.39, 0.29) is 10.9 Å². The molecule has 102 valence electrons. The Balaban J connectivity index is 2.30. The SMILES string of the molecule is NC(=S)c1cc(Br)ccc1NC(=O)c1cccc(Cl)c1. The van der Waals surface area contributed by atoms with Gasteiger partial charge in [0.15, 0.2) is 0 Å². The van der Waals surface area contributed by atoms with Gasteiger partial charge in [-0.25, -0.2) is 0 Å². The highest BCUT2D eigenvalue weighted by molar-refractivity contribution is 9.10. The quantitative estimate of drug-likeness (QED) is 0.804. The summed E-state index contributed by atoms with van der Waals surface area (Å²) in [5.74, 6) is -0.271. The minimum atomic E-state index is -0.271. The molecule has 0 fully saturated rings. The van der Waals surface area contributed by atoms with Crippen LogP contribution in [0.4, 0.5) is 5.69 Å². The van der Waals surface area contributed by atoms with E-state index in [2.05, 4.69) is 21.2 Å². The molecule has 0 radical (unpaired) electrons. The minimum absolute atomic E-state index is 0.215. The van der Waals surface area contributed by atoms with Crippen molar-refractivity contribution in [1.82, 2.24) is 0 Å². The zero-order valence-corrected chi connectivity index (χ0v) is 13.3. The average Bonchev–Trinajstić information content (AvgIpc) is 2.40. The van der Waals surface area contributed by atoms with Crippen molar-refractivity contribution in [3.05, 3.63) is 63.1 Å². The standard InChI is InChI=1S/C14H10BrClN2OS/c15-9-4-5-12(11(7-9)13(17)20)18-14(19)8-2-1-3-10(16)6-8/h1-7H,(H2,17,20)(H,18,19). The third-order valence-corrected chi connectivity index (χ3v) is 3.53. The van der Waals surface area contributed by atoms with Crippen LogP contribution in [-0.4, -0.2) is 10.9 Å². The number of thiocarbonyl (C=S) groups is 1. The van der Waals surface area contributed by atoms with E-state index in [9.17, 15) is 4.79 Å². The Bertz CT molecular complexity index is 691. The average molecular weight is 370 g/mol. The van der Waals surface area contributed by atoms with E-state index in [1.807, 2.05) is 0 Å². The second-order valence-corrected chi connectivity index (χ2v) is 5.81. The number of hydrogen-bond acceptors (Lipinski definition) is 2. The molecule has 0 saturated heterocycles. The molecule has 3 N–H and O–H groups in total. The molecule has 1 amide bonds. The van der Waals surface area contributed by atoms with E-state index in [4.69, 9.17) is 29.6 Å². The molecule has 0 heterocycles. The minimum Gasteiger partial charge on any atom is -0.389 e. The predicted octanol–water partition coefficient (Wildman–Crippen LogP) is 3.99. The van der Waals surface area contributed by atoms with Crippen molar-refractivity contribution in [2.24, 2.45) is 5.73 Å². The first-order valence-electron chi connectivity index (χ1n) is 5.63. The van der Waals surface area contributed by atoms with Gasteiger partial charge < -0.3 is 11.1 Å². The second-order valence-electron chi connectivity index (χ2n) is 4.02. The Morgan fingerprint density at radius 2 is 2.00 bits per heavy atom. The van der Waals surface area contributed by atoms with E-state index in [1.54, 1.807) is 42.5 Å². The number of rotatable bonds is 3. The van der Waals surface area contributed by atoms with Crippen LogP contribution in [0.3, 0.4) is 0 Å². The molecule has 6 heteroatoms. The number of carbonyl (C=O) groups is 1. The monoisotopic (exact) mass is 368 g/mol. The normalized spacial score (nSPS) is 10.1. The summed E-state index contributed by atoms with van der Waals surface area (Å²) in [6.45, 7) is 0. The van der Waals surface area contributed by atoms with Crippen LogP contribution in [0.1, 0.15) is 15.9 Å². The lowest BCUT2D eigenvalue weighted by Crippen LogP contribution is -2.17. The Kier molecular flexibility index (Phi) is 4.75. The van der Waals surface area contributed by atoms with Crippen LogP contribution in [0.15, 0.2) is 46.9 Å². The number of anilines is 1. The zero-order chi connectivity index (χ0) is 14.7. The number of halogens is 2. The van der Waals surface area contributed by atoms with Gasteiger partial charge in [-0.2, -0.15) is 0 Å². The molecule has 0 aromatic heterocycles. The summed E-state index contributed by atoms with van der Waals surface area (Å²) < 4.78 is 0.834. The van der Waals surface area contributed by atoms with Crippen molar-refractivity contribution in [2.45, 2.75) is 0 Å². The van der Waals surface area contributed by atoms with Gasteiger partial charge in [0.05, 0.1) is 5.69 Å². The Hall–Kier alpha value is -1.43. The predicted molar refractivity (Wildman–Crippen MR) is 89.4 cm³/mol. The van der Waals surface area contributed by atoms with Gasteiger partial charge in [-0.15, -0.1) is 0 Å². The van der Waals surface area contributed by atoms with Gasteiger partial charge in [-0.3, -0.25) is 4.79 Å². The molecule has 0 unspecified atom stereocenters. The smallest absolute Gasteiger partial charge is 0.255 e. The number of amides is 1. The van der Waals surface area contributed by atoms with Gasteiger partial charge in [0.2, 0.25) is 0 Å². The number of hydrogen-bond donors (Lipinski definition) is 2. The Labute approximate surface area is 135 Å². The largest absolute Gasteiger partial charge is 0.389 e. The van der Waals surface area contributed by atoms with Gasteiger partial charge >= 0.3 is 0 Å². The topological polar surface area (TPSA) is 55.1 Å². The van der Waals surface area contributed by atoms with Crippen LogP contribution >= 0.6 is 39.7 Å². The van der Waals surface area contributed by atoms with Crippen molar-refractivity contribution in [2.75, 3.05) is 5.32 Å². The lowest BCUT2D eigenvalue weighted by Gasteiger charge is -2.11. The first-order valence-corrected chi connectivity index (χ1v) is 7.21. The molecule has 20 heavy (non-hydrogen) atoms. The molecule has 0 aliphatic heterocycles. The fourth-order valence-electron chi connectivity index (χ4n) is 1.65. The maximum atomic E-state index is 12.2. The first kappa shape index (κ1) is 15.0. The molecule has 2 aromatic carbocycles. The highest BCUT2D eigenvalue weighted by atomic mass is 79.9. The Morgan fingerprint density at radius 1 is 1.25 bits per heavy atom. The van der Waals surface area contributed by atoms with Crippen LogP contribution in [-0.2, 0) is 0 Å². The van der Waals surface area contributed by atoms with Crippen LogP contribution in [0.5, 0.6) is 0 Å². The molecule has 0 aliphatic rings. The summed E-state index contributed by atoms with van der Waals surface area (Å²) in [4.78, 5) is 12.4. The number of nitrogens with one attached hydrogen (secondary N) is 1. The summed E-state index contributed by atoms with van der Waals surface area (Å²) in [5, 5.41) is 3.28. The highest BCUT2D eigenvalue weighted by Gasteiger charge is 2.11. The van der Waals surface area contributed by atoms with E-state index in [1.165, 1.54) is 0 Å². The summed E-state index contributed by atoms with van der Waals surface area (Å²) in [6.07, 6.45) is 0. The maximum Gasteiger partial charge on any atom is 0.255 e. The first-order chi connectivity index (χ1) is 9.47. The third-order valence-electron chi connectivity index (χ3n) is 2.58. The van der Waals surface area contributed by atoms with Crippen molar-refractivity contribution in [3.8, 4) is 0 Å². The van der Waals surface area contributed by atoms with E-state index in [0.29, 0.717) is 21.8 Å². The molecule has 0 spiro atoms. The van der Waals surface area contributed by atoms with Crippen LogP contribution in [0.2, 0.25) is 5.02 Å². The van der Waals surface area contributed by atoms with Crippen molar-refractivity contribution >= 4 is 56.3 Å². The molecular formula is C14H10BrClN2OS. The van der Waals surface area contributed by atoms with Crippen LogP contribution in [0.25, 0.3) is 0 Å². The third kappa shape index (κ3) is 3.56. The lowest BCUT2D eigenvalue weighted by atomic mass is 10.1. The molecule has 0 atom stereocenters. The summed E-state index contributed by atoms with van der Waals surface area (Å²) in [6, 6.07) is 12.0. The lowest BCUT2D eigenvalue weighted by molar-refractivity contribution is 0.102. The Morgan fingerprint density at radius 3 is 2.65 bits per heavy atom. The molecule has 0 saturated carbocycles. The van der Waals surface area contributed by atoms with Crippen molar-refractivity contribution in [3.63, 3.8) is 0 Å². The summed E-state index contributed by atoms with van der Waals surface area (Å²) in [7, 11) is 0. The fraction of sp³-hybridized carbons (Fsp3) is 0. The number of nitrogens with two attached hydrogens (primary N) is 1. The van der Waals surface area contributed by atoms with Gasteiger partial charge in [-0.05, 0) is 36.4 Å². The summed E-state index contributed by atoms with van der Waals surface area (Å²) in [5.41, 5.74) is 7.29. The van der Waals surface area contributed by atoms with Crippen molar-refractivity contribution < 1.29 is 4.79 Å². The summed E-state index contributed by atoms with van der Waals surface area (Å²) >= 11 is 14.2. The molecule has 3 nitrogen and oxygen atoms in total. The van der Waals surface area contributed by atoms with Gasteiger partial charge in [0, 0.05) is 20.6 Å². The van der Waals surface area contributed by atoms with Gasteiger partial charge in [-0.1, -0.05) is 45.8 Å². The zero-order valence-electron chi connectivity index (χ0n) is 10.2. The molecule has 2 rings (SSSR count). The molecule has 0 bridgehead atoms. The van der Waals surface area contributed by atoms with Crippen LogP contribution < -0.4 is 11.1 Å². The van der Waals surface area contributed by atoms with E-state index in [0.717, 1.165) is 4.47 Å². The van der Waals surface area contributed by atoms with Crippen LogP contribution in [0, 0.1) is 0 Å². The number of carbonyl (C=O) groups excluding carboxylic acids is 1. The number of benzene rings is 2. The fourth-order valence-corrected chi connectivity index (χ4v) is 2.37. The van der Waals surface area contributed by atoms with E-state index >= 15 is 0 Å². The highest BCUT2D eigenvalue weighted by Crippen LogP contribution is 2.22. The molecular weight excluding hydrogens is 360 g/mol. The van der Waals surface area contributed by atoms with Gasteiger partial charge in [0.25, 0.3) is 5.91 Å². The van der Waals surface area contributed by atoms with Crippen molar-refractivity contribution in [1.29, 1.82) is 0 Å². The van der Waals surface area contributed by atoms with E-state index < -0.39 is 0 Å².